The highest BCUT2D eigenvalue weighted by atomic mass is 15.1. The summed E-state index contributed by atoms with van der Waals surface area (Å²) in [5.41, 5.74) is 10.4. The van der Waals surface area contributed by atoms with Gasteiger partial charge in [0.1, 0.15) is 0 Å². The van der Waals surface area contributed by atoms with Crippen molar-refractivity contribution in [1.29, 1.82) is 0 Å². The van der Waals surface area contributed by atoms with Gasteiger partial charge in [0.15, 0.2) is 0 Å². The van der Waals surface area contributed by atoms with E-state index < -0.39 is 0 Å². The molecule has 2 nitrogen and oxygen atoms in total. The number of rotatable bonds is 3. The van der Waals surface area contributed by atoms with Gasteiger partial charge in [0.2, 0.25) is 0 Å². The highest BCUT2D eigenvalue weighted by molar-refractivity contribution is 5.55. The van der Waals surface area contributed by atoms with E-state index in [0.29, 0.717) is 11.3 Å². The van der Waals surface area contributed by atoms with E-state index in [4.69, 9.17) is 5.73 Å². The normalized spacial score (nSPS) is 22.6. The maximum Gasteiger partial charge on any atom is 0.0398 e. The molecule has 1 fully saturated rings. The lowest BCUT2D eigenvalue weighted by molar-refractivity contribution is 0.163. The van der Waals surface area contributed by atoms with Crippen LogP contribution in [0.5, 0.6) is 0 Å². The Morgan fingerprint density at radius 1 is 1.32 bits per heavy atom. The summed E-state index contributed by atoms with van der Waals surface area (Å²) in [6.07, 6.45) is 2.39. The van der Waals surface area contributed by atoms with Crippen LogP contribution in [0.4, 0.5) is 5.69 Å². The molecule has 0 aliphatic carbocycles. The molecule has 19 heavy (non-hydrogen) atoms. The van der Waals surface area contributed by atoms with Crippen LogP contribution in [0.25, 0.3) is 0 Å². The minimum Gasteiger partial charge on any atom is -0.371 e. The summed E-state index contributed by atoms with van der Waals surface area (Å²) >= 11 is 0. The Balaban J connectivity index is 2.20. The second-order valence-corrected chi connectivity index (χ2v) is 6.75. The Morgan fingerprint density at radius 2 is 2.05 bits per heavy atom. The van der Waals surface area contributed by atoms with Crippen LogP contribution in [0, 0.1) is 25.2 Å². The van der Waals surface area contributed by atoms with Crippen molar-refractivity contribution in [2.45, 2.75) is 40.5 Å². The molecule has 106 valence electrons. The van der Waals surface area contributed by atoms with Crippen molar-refractivity contribution in [2.24, 2.45) is 17.1 Å². The number of piperidine rings is 1. The molecule has 1 aliphatic heterocycles. The van der Waals surface area contributed by atoms with E-state index in [0.717, 1.165) is 19.5 Å². The molecule has 1 unspecified atom stereocenters. The fraction of sp³-hybridized carbons (Fsp3) is 0.647. The summed E-state index contributed by atoms with van der Waals surface area (Å²) in [6.45, 7) is 12.3. The van der Waals surface area contributed by atoms with Crippen LogP contribution in [-0.4, -0.2) is 19.6 Å². The van der Waals surface area contributed by atoms with Crippen molar-refractivity contribution >= 4 is 5.69 Å². The van der Waals surface area contributed by atoms with Crippen molar-refractivity contribution in [3.05, 3.63) is 29.3 Å². The number of hydrogen-bond donors (Lipinski definition) is 1. The highest BCUT2D eigenvalue weighted by Gasteiger charge is 2.35. The molecule has 1 aliphatic rings. The Labute approximate surface area is 118 Å². The van der Waals surface area contributed by atoms with Gasteiger partial charge in [-0.3, -0.25) is 0 Å². The molecule has 0 radical (unpaired) electrons. The number of hydrogen-bond acceptors (Lipinski definition) is 2. The quantitative estimate of drug-likeness (QED) is 0.901. The van der Waals surface area contributed by atoms with E-state index in [2.05, 4.69) is 50.8 Å². The van der Waals surface area contributed by atoms with Crippen LogP contribution in [0.2, 0.25) is 0 Å². The van der Waals surface area contributed by atoms with Crippen LogP contribution in [0.3, 0.4) is 0 Å². The fourth-order valence-electron chi connectivity index (χ4n) is 3.19. The highest BCUT2D eigenvalue weighted by Crippen LogP contribution is 2.39. The van der Waals surface area contributed by atoms with Gasteiger partial charge >= 0.3 is 0 Å². The predicted octanol–water partition coefficient (Wildman–Crippen LogP) is 3.50. The first-order valence-electron chi connectivity index (χ1n) is 7.46. The average molecular weight is 260 g/mol. The first kappa shape index (κ1) is 14.4. The Bertz CT molecular complexity index is 437. The summed E-state index contributed by atoms with van der Waals surface area (Å²) in [7, 11) is 0. The third kappa shape index (κ3) is 3.11. The first-order chi connectivity index (χ1) is 8.94. The third-order valence-corrected chi connectivity index (χ3v) is 4.79. The summed E-state index contributed by atoms with van der Waals surface area (Å²) in [5, 5.41) is 0. The molecule has 2 N–H and O–H groups in total. The van der Waals surface area contributed by atoms with Gasteiger partial charge in [-0.15, -0.1) is 0 Å². The van der Waals surface area contributed by atoms with E-state index in [1.54, 1.807) is 0 Å². The average Bonchev–Trinajstić information content (AvgIpc) is 2.35. The first-order valence-corrected chi connectivity index (χ1v) is 7.46. The van der Waals surface area contributed by atoms with E-state index in [1.165, 1.54) is 29.8 Å². The minimum absolute atomic E-state index is 0.424. The largest absolute Gasteiger partial charge is 0.371 e. The maximum atomic E-state index is 5.80. The van der Waals surface area contributed by atoms with E-state index in [-0.39, 0.29) is 0 Å². The molecule has 0 aromatic heterocycles. The molecule has 1 saturated heterocycles. The molecule has 2 heteroatoms. The topological polar surface area (TPSA) is 29.3 Å². The molecule has 1 aromatic carbocycles. The van der Waals surface area contributed by atoms with Crippen LogP contribution in [0.1, 0.15) is 37.8 Å². The van der Waals surface area contributed by atoms with Crippen LogP contribution < -0.4 is 10.6 Å². The summed E-state index contributed by atoms with van der Waals surface area (Å²) in [6, 6.07) is 6.76. The zero-order valence-electron chi connectivity index (χ0n) is 12.9. The lowest BCUT2D eigenvalue weighted by Crippen LogP contribution is -2.45. The number of anilines is 1. The molecular weight excluding hydrogens is 232 g/mol. The minimum atomic E-state index is 0.424. The number of aryl methyl sites for hydroxylation is 2. The van der Waals surface area contributed by atoms with Gasteiger partial charge in [0.25, 0.3) is 0 Å². The molecule has 0 amide bonds. The van der Waals surface area contributed by atoms with Gasteiger partial charge in [-0.2, -0.15) is 0 Å². The monoisotopic (exact) mass is 260 g/mol. The van der Waals surface area contributed by atoms with E-state index in [1.807, 2.05) is 0 Å². The van der Waals surface area contributed by atoms with Crippen molar-refractivity contribution in [1.82, 2.24) is 0 Å². The van der Waals surface area contributed by atoms with Crippen molar-refractivity contribution in [3.8, 4) is 0 Å². The van der Waals surface area contributed by atoms with Gasteiger partial charge in [-0.1, -0.05) is 26.0 Å². The summed E-state index contributed by atoms with van der Waals surface area (Å²) < 4.78 is 0. The number of nitrogens with two attached hydrogens (primary N) is 1. The lowest BCUT2D eigenvalue weighted by atomic mass is 9.71. The van der Waals surface area contributed by atoms with Gasteiger partial charge in [-0.25, -0.2) is 0 Å². The van der Waals surface area contributed by atoms with Gasteiger partial charge in [-0.05, 0) is 61.8 Å². The Hall–Kier alpha value is -1.02. The summed E-state index contributed by atoms with van der Waals surface area (Å²) in [5.74, 6) is 0.700. The molecular formula is C17H28N2. The molecule has 0 saturated carbocycles. The molecule has 0 bridgehead atoms. The molecule has 0 spiro atoms. The standard InChI is InChI=1S/C17H28N2/c1-13-5-6-14(2)16(11-13)19-10-8-17(3,4)15(12-19)7-9-18/h5-6,11,15H,7-10,12,18H2,1-4H3. The van der Waals surface area contributed by atoms with Gasteiger partial charge < -0.3 is 10.6 Å². The Morgan fingerprint density at radius 3 is 2.74 bits per heavy atom. The van der Waals surface area contributed by atoms with E-state index in [9.17, 15) is 0 Å². The smallest absolute Gasteiger partial charge is 0.0398 e. The van der Waals surface area contributed by atoms with Crippen LogP contribution in [-0.2, 0) is 0 Å². The number of benzene rings is 1. The number of nitrogens with zero attached hydrogens (tertiary/aromatic N) is 1. The van der Waals surface area contributed by atoms with Crippen molar-refractivity contribution < 1.29 is 0 Å². The lowest BCUT2D eigenvalue weighted by Gasteiger charge is -2.45. The summed E-state index contributed by atoms with van der Waals surface area (Å²) in [4.78, 5) is 2.56. The second-order valence-electron chi connectivity index (χ2n) is 6.75. The predicted molar refractivity (Wildman–Crippen MR) is 83.7 cm³/mol. The molecule has 1 atom stereocenters. The molecule has 1 aromatic rings. The fourth-order valence-corrected chi connectivity index (χ4v) is 3.19. The molecule has 1 heterocycles. The zero-order chi connectivity index (χ0) is 14.0. The Kier molecular flexibility index (Phi) is 4.19. The molecule has 2 rings (SSSR count). The second kappa shape index (κ2) is 5.54. The maximum absolute atomic E-state index is 5.80. The zero-order valence-corrected chi connectivity index (χ0v) is 12.9. The van der Waals surface area contributed by atoms with Crippen molar-refractivity contribution in [2.75, 3.05) is 24.5 Å². The van der Waals surface area contributed by atoms with Crippen molar-refractivity contribution in [3.63, 3.8) is 0 Å². The van der Waals surface area contributed by atoms with Crippen LogP contribution in [0.15, 0.2) is 18.2 Å². The van der Waals surface area contributed by atoms with E-state index >= 15 is 0 Å². The van der Waals surface area contributed by atoms with Gasteiger partial charge in [0, 0.05) is 18.8 Å². The SMILES string of the molecule is Cc1ccc(C)c(N2CCC(C)(C)C(CCN)C2)c1. The van der Waals surface area contributed by atoms with Crippen LogP contribution >= 0.6 is 0 Å². The third-order valence-electron chi connectivity index (χ3n) is 4.79. The van der Waals surface area contributed by atoms with Gasteiger partial charge in [0.05, 0.1) is 0 Å².